The van der Waals surface area contributed by atoms with Crippen molar-refractivity contribution in [2.75, 3.05) is 20.2 Å². The summed E-state index contributed by atoms with van der Waals surface area (Å²) in [6.07, 6.45) is 8.59. The molecule has 1 fully saturated rings. The normalized spacial score (nSPS) is 23.6. The summed E-state index contributed by atoms with van der Waals surface area (Å²) in [4.78, 5) is 13.6. The number of carbonyl (C=O) groups is 1. The Morgan fingerprint density at radius 2 is 1.89 bits per heavy atom. The van der Waals surface area contributed by atoms with Crippen LogP contribution in [0.1, 0.15) is 58.3 Å². The predicted molar refractivity (Wildman–Crippen MR) is 78.0 cm³/mol. The second-order valence-electron chi connectivity index (χ2n) is 5.66. The lowest BCUT2D eigenvalue weighted by atomic mass is 9.91. The quantitative estimate of drug-likeness (QED) is 0.543. The van der Waals surface area contributed by atoms with Crippen molar-refractivity contribution in [3.05, 3.63) is 0 Å². The smallest absolute Gasteiger partial charge is 0.305 e. The van der Waals surface area contributed by atoms with Gasteiger partial charge >= 0.3 is 5.97 Å². The second kappa shape index (κ2) is 9.32. The molecule has 0 spiro atoms. The van der Waals surface area contributed by atoms with Crippen LogP contribution in [0.4, 0.5) is 0 Å². The largest absolute Gasteiger partial charge is 0.466 e. The molecule has 0 amide bonds. The van der Waals surface area contributed by atoms with E-state index < -0.39 is 0 Å². The molecule has 0 bridgehead atoms. The number of unbranched alkanes of at least 4 members (excludes halogenated alkanes) is 2. The van der Waals surface area contributed by atoms with E-state index in [2.05, 4.69) is 11.9 Å². The number of hydrogen-bond acceptors (Lipinski definition) is 4. The third-order valence-corrected chi connectivity index (χ3v) is 4.06. The number of carbonyl (C=O) groups excluding carboxylic acids is 1. The number of hydrogen-bond donors (Lipinski definition) is 1. The summed E-state index contributed by atoms with van der Waals surface area (Å²) in [7, 11) is 2.22. The molecule has 0 aliphatic heterocycles. The number of esters is 1. The van der Waals surface area contributed by atoms with Gasteiger partial charge in [-0.2, -0.15) is 0 Å². The number of rotatable bonds is 8. The molecular formula is C15H30N2O2. The van der Waals surface area contributed by atoms with E-state index in [-0.39, 0.29) is 5.97 Å². The Morgan fingerprint density at radius 3 is 2.53 bits per heavy atom. The van der Waals surface area contributed by atoms with Gasteiger partial charge in [0, 0.05) is 18.5 Å². The molecule has 0 aromatic heterocycles. The first-order valence-corrected chi connectivity index (χ1v) is 7.75. The third-order valence-electron chi connectivity index (χ3n) is 4.06. The number of ether oxygens (including phenoxy) is 1. The van der Waals surface area contributed by atoms with Gasteiger partial charge in [0.25, 0.3) is 0 Å². The van der Waals surface area contributed by atoms with E-state index in [0.29, 0.717) is 25.1 Å². The Morgan fingerprint density at radius 1 is 1.21 bits per heavy atom. The summed E-state index contributed by atoms with van der Waals surface area (Å²) >= 11 is 0. The molecule has 0 unspecified atom stereocenters. The van der Waals surface area contributed by atoms with Gasteiger partial charge < -0.3 is 15.4 Å². The van der Waals surface area contributed by atoms with Crippen molar-refractivity contribution in [2.24, 2.45) is 5.73 Å². The van der Waals surface area contributed by atoms with Gasteiger partial charge in [0.15, 0.2) is 0 Å². The fourth-order valence-electron chi connectivity index (χ4n) is 2.77. The van der Waals surface area contributed by atoms with Gasteiger partial charge in [-0.3, -0.25) is 4.79 Å². The molecule has 4 heteroatoms. The van der Waals surface area contributed by atoms with Crippen molar-refractivity contribution in [1.29, 1.82) is 0 Å². The lowest BCUT2D eigenvalue weighted by Crippen LogP contribution is -2.39. The molecule has 0 saturated heterocycles. The van der Waals surface area contributed by atoms with E-state index in [0.717, 1.165) is 32.2 Å². The summed E-state index contributed by atoms with van der Waals surface area (Å²) in [5.41, 5.74) is 5.93. The fraction of sp³-hybridized carbons (Fsp3) is 0.933. The zero-order chi connectivity index (χ0) is 14.1. The van der Waals surface area contributed by atoms with Crippen LogP contribution in [-0.4, -0.2) is 43.2 Å². The van der Waals surface area contributed by atoms with Gasteiger partial charge in [0.05, 0.1) is 6.61 Å². The highest BCUT2D eigenvalue weighted by Crippen LogP contribution is 2.21. The van der Waals surface area contributed by atoms with Crippen molar-refractivity contribution in [3.8, 4) is 0 Å². The minimum absolute atomic E-state index is 0.0582. The highest BCUT2D eigenvalue weighted by molar-refractivity contribution is 5.69. The van der Waals surface area contributed by atoms with Crippen LogP contribution in [-0.2, 0) is 9.53 Å². The number of nitrogens with zero attached hydrogens (tertiary/aromatic N) is 1. The van der Waals surface area contributed by atoms with Gasteiger partial charge in [0.2, 0.25) is 0 Å². The molecule has 19 heavy (non-hydrogen) atoms. The molecule has 0 aromatic carbocycles. The molecule has 112 valence electrons. The summed E-state index contributed by atoms with van der Waals surface area (Å²) in [6, 6.07) is 1.14. The molecule has 0 aromatic rings. The van der Waals surface area contributed by atoms with Crippen LogP contribution in [0.2, 0.25) is 0 Å². The Balaban J connectivity index is 2.01. The first kappa shape index (κ1) is 16.4. The first-order chi connectivity index (χ1) is 9.13. The summed E-state index contributed by atoms with van der Waals surface area (Å²) < 4.78 is 4.91. The minimum atomic E-state index is -0.0582. The zero-order valence-electron chi connectivity index (χ0n) is 12.6. The van der Waals surface area contributed by atoms with E-state index in [9.17, 15) is 4.79 Å². The predicted octanol–water partition coefficient (Wildman–Crippen LogP) is 2.31. The van der Waals surface area contributed by atoms with E-state index in [4.69, 9.17) is 10.5 Å². The Bertz CT molecular complexity index is 251. The molecule has 0 radical (unpaired) electrons. The number of nitrogens with two attached hydrogens (primary N) is 1. The Hall–Kier alpha value is -0.610. The maximum absolute atomic E-state index is 11.2. The molecule has 0 heterocycles. The molecule has 4 nitrogen and oxygen atoms in total. The highest BCUT2D eigenvalue weighted by atomic mass is 16.5. The molecule has 1 aliphatic carbocycles. The summed E-state index contributed by atoms with van der Waals surface area (Å²) in [6.45, 7) is 3.47. The summed E-state index contributed by atoms with van der Waals surface area (Å²) in [5, 5.41) is 0. The zero-order valence-corrected chi connectivity index (χ0v) is 12.6. The molecule has 1 rings (SSSR count). The van der Waals surface area contributed by atoms with Crippen molar-refractivity contribution < 1.29 is 9.53 Å². The fourth-order valence-corrected chi connectivity index (χ4v) is 2.77. The van der Waals surface area contributed by atoms with Crippen LogP contribution in [0, 0.1) is 0 Å². The molecule has 2 N–H and O–H groups in total. The van der Waals surface area contributed by atoms with E-state index in [1.807, 2.05) is 6.92 Å². The molecule has 1 aliphatic rings. The Kier molecular flexibility index (Phi) is 8.07. The maximum Gasteiger partial charge on any atom is 0.305 e. The van der Waals surface area contributed by atoms with Gasteiger partial charge in [-0.1, -0.05) is 6.42 Å². The van der Waals surface area contributed by atoms with Crippen molar-refractivity contribution in [1.82, 2.24) is 4.90 Å². The Labute approximate surface area is 117 Å². The highest BCUT2D eigenvalue weighted by Gasteiger charge is 2.21. The van der Waals surface area contributed by atoms with Crippen LogP contribution in [0.25, 0.3) is 0 Å². The van der Waals surface area contributed by atoms with Gasteiger partial charge in [0.1, 0.15) is 0 Å². The van der Waals surface area contributed by atoms with Crippen LogP contribution < -0.4 is 5.73 Å². The van der Waals surface area contributed by atoms with E-state index in [1.54, 1.807) is 0 Å². The maximum atomic E-state index is 11.2. The molecular weight excluding hydrogens is 240 g/mol. The summed E-state index contributed by atoms with van der Waals surface area (Å²) in [5.74, 6) is -0.0582. The first-order valence-electron chi connectivity index (χ1n) is 7.75. The van der Waals surface area contributed by atoms with Crippen LogP contribution in [0.3, 0.4) is 0 Å². The van der Waals surface area contributed by atoms with Gasteiger partial charge in [-0.15, -0.1) is 0 Å². The third kappa shape index (κ3) is 6.92. The van der Waals surface area contributed by atoms with Gasteiger partial charge in [-0.25, -0.2) is 0 Å². The molecule has 1 saturated carbocycles. The monoisotopic (exact) mass is 270 g/mol. The average Bonchev–Trinajstić information content (AvgIpc) is 2.39. The minimum Gasteiger partial charge on any atom is -0.466 e. The van der Waals surface area contributed by atoms with Crippen molar-refractivity contribution in [2.45, 2.75) is 70.4 Å². The van der Waals surface area contributed by atoms with Gasteiger partial charge in [-0.05, 0) is 59.0 Å². The van der Waals surface area contributed by atoms with Crippen molar-refractivity contribution >= 4 is 5.97 Å². The van der Waals surface area contributed by atoms with E-state index >= 15 is 0 Å². The standard InChI is InChI=1S/C15H30N2O2/c1-3-19-15(18)7-5-4-6-12-17(2)14-10-8-13(16)9-11-14/h13-14H,3-12,16H2,1-2H3. The lowest BCUT2D eigenvalue weighted by molar-refractivity contribution is -0.143. The van der Waals surface area contributed by atoms with Crippen LogP contribution in [0.5, 0.6) is 0 Å². The van der Waals surface area contributed by atoms with Crippen LogP contribution >= 0.6 is 0 Å². The van der Waals surface area contributed by atoms with Crippen molar-refractivity contribution in [3.63, 3.8) is 0 Å². The van der Waals surface area contributed by atoms with E-state index in [1.165, 1.54) is 19.3 Å². The average molecular weight is 270 g/mol. The van der Waals surface area contributed by atoms with Crippen LogP contribution in [0.15, 0.2) is 0 Å². The molecule has 0 atom stereocenters. The second-order valence-corrected chi connectivity index (χ2v) is 5.66. The SMILES string of the molecule is CCOC(=O)CCCCCN(C)C1CCC(N)CC1. The topological polar surface area (TPSA) is 55.6 Å². The lowest BCUT2D eigenvalue weighted by Gasteiger charge is -2.33.